The standard InChI is InChI=1S/C16H24FN3.HI/c1-15(2)11-20(16(15,3)4)14(18-5)19-10-12-8-6-7-9-13(12)17;/h6-9H,10-11H2,1-5H3,(H,18,19);1H. The first-order valence-electron chi connectivity index (χ1n) is 7.01. The number of likely N-dealkylation sites (tertiary alicyclic amines) is 1. The van der Waals surface area contributed by atoms with Gasteiger partial charge >= 0.3 is 0 Å². The van der Waals surface area contributed by atoms with Crippen molar-refractivity contribution in [1.29, 1.82) is 0 Å². The molecule has 0 bridgehead atoms. The highest BCUT2D eigenvalue weighted by atomic mass is 127. The molecule has 0 amide bonds. The van der Waals surface area contributed by atoms with Crippen molar-refractivity contribution in [2.24, 2.45) is 10.4 Å². The highest BCUT2D eigenvalue weighted by Crippen LogP contribution is 2.46. The minimum atomic E-state index is -0.182. The van der Waals surface area contributed by atoms with Crippen molar-refractivity contribution in [1.82, 2.24) is 10.2 Å². The lowest BCUT2D eigenvalue weighted by Gasteiger charge is -2.62. The zero-order valence-electron chi connectivity index (χ0n) is 13.4. The Morgan fingerprint density at radius 2 is 1.90 bits per heavy atom. The van der Waals surface area contributed by atoms with E-state index in [4.69, 9.17) is 0 Å². The maximum absolute atomic E-state index is 13.6. The van der Waals surface area contributed by atoms with Crippen molar-refractivity contribution in [3.05, 3.63) is 35.6 Å². The van der Waals surface area contributed by atoms with Crippen molar-refractivity contribution in [3.63, 3.8) is 0 Å². The molecule has 1 aliphatic heterocycles. The van der Waals surface area contributed by atoms with Gasteiger partial charge in [-0.1, -0.05) is 32.0 Å². The smallest absolute Gasteiger partial charge is 0.194 e. The van der Waals surface area contributed by atoms with E-state index in [0.29, 0.717) is 12.1 Å². The molecule has 1 aromatic carbocycles. The predicted octanol–water partition coefficient (Wildman–Crippen LogP) is 3.64. The van der Waals surface area contributed by atoms with Gasteiger partial charge in [-0.05, 0) is 19.9 Å². The third kappa shape index (κ3) is 3.33. The quantitative estimate of drug-likeness (QED) is 0.462. The van der Waals surface area contributed by atoms with Crippen molar-refractivity contribution < 1.29 is 4.39 Å². The van der Waals surface area contributed by atoms with Gasteiger partial charge in [0.25, 0.3) is 0 Å². The number of hydrogen-bond acceptors (Lipinski definition) is 1. The average molecular weight is 405 g/mol. The van der Waals surface area contributed by atoms with Gasteiger partial charge in [0, 0.05) is 36.7 Å². The minimum Gasteiger partial charge on any atom is -0.352 e. The number of benzene rings is 1. The zero-order valence-corrected chi connectivity index (χ0v) is 15.7. The fraction of sp³-hybridized carbons (Fsp3) is 0.562. The van der Waals surface area contributed by atoms with E-state index in [0.717, 1.165) is 12.5 Å². The fourth-order valence-corrected chi connectivity index (χ4v) is 2.51. The molecule has 1 N–H and O–H groups in total. The van der Waals surface area contributed by atoms with Gasteiger partial charge < -0.3 is 10.2 Å². The lowest BCUT2D eigenvalue weighted by molar-refractivity contribution is -0.0668. The van der Waals surface area contributed by atoms with E-state index in [1.807, 2.05) is 6.07 Å². The van der Waals surface area contributed by atoms with E-state index < -0.39 is 0 Å². The second-order valence-electron chi connectivity index (χ2n) is 6.52. The summed E-state index contributed by atoms with van der Waals surface area (Å²) in [5.74, 6) is 0.649. The Morgan fingerprint density at radius 1 is 1.29 bits per heavy atom. The van der Waals surface area contributed by atoms with E-state index in [1.54, 1.807) is 19.2 Å². The summed E-state index contributed by atoms with van der Waals surface area (Å²) in [4.78, 5) is 6.57. The first kappa shape index (κ1) is 18.2. The Labute approximate surface area is 144 Å². The maximum Gasteiger partial charge on any atom is 0.194 e. The predicted molar refractivity (Wildman–Crippen MR) is 96.6 cm³/mol. The molecular formula is C16H25FIN3. The number of hydrogen-bond donors (Lipinski definition) is 1. The van der Waals surface area contributed by atoms with Crippen LogP contribution < -0.4 is 5.32 Å². The zero-order chi connectivity index (χ0) is 15.0. The van der Waals surface area contributed by atoms with Gasteiger partial charge in [0.15, 0.2) is 5.96 Å². The molecule has 0 aliphatic carbocycles. The molecule has 0 unspecified atom stereocenters. The summed E-state index contributed by atoms with van der Waals surface area (Å²) in [7, 11) is 1.77. The molecule has 1 fully saturated rings. The summed E-state index contributed by atoms with van der Waals surface area (Å²) in [5, 5.41) is 3.26. The van der Waals surface area contributed by atoms with Crippen molar-refractivity contribution in [3.8, 4) is 0 Å². The van der Waals surface area contributed by atoms with Crippen LogP contribution in [0.3, 0.4) is 0 Å². The molecule has 0 saturated carbocycles. The van der Waals surface area contributed by atoms with Crippen LogP contribution in [0.2, 0.25) is 0 Å². The Morgan fingerprint density at radius 3 is 2.38 bits per heavy atom. The van der Waals surface area contributed by atoms with Crippen molar-refractivity contribution in [2.45, 2.75) is 39.8 Å². The summed E-state index contributed by atoms with van der Waals surface area (Å²) in [6, 6.07) is 6.82. The molecule has 0 spiro atoms. The van der Waals surface area contributed by atoms with Crippen LogP contribution in [0.15, 0.2) is 29.3 Å². The van der Waals surface area contributed by atoms with Gasteiger partial charge in [-0.2, -0.15) is 0 Å². The second kappa shape index (κ2) is 6.50. The monoisotopic (exact) mass is 405 g/mol. The van der Waals surface area contributed by atoms with Crippen LogP contribution in [0.5, 0.6) is 0 Å². The first-order valence-corrected chi connectivity index (χ1v) is 7.01. The summed E-state index contributed by atoms with van der Waals surface area (Å²) in [6.07, 6.45) is 0. The molecule has 0 atom stereocenters. The van der Waals surface area contributed by atoms with E-state index in [-0.39, 0.29) is 40.7 Å². The Kier molecular flexibility index (Phi) is 5.63. The van der Waals surface area contributed by atoms with Crippen LogP contribution in [0, 0.1) is 11.2 Å². The van der Waals surface area contributed by atoms with Gasteiger partial charge in [-0.15, -0.1) is 24.0 Å². The third-order valence-corrected chi connectivity index (χ3v) is 4.75. The number of halogens is 2. The van der Waals surface area contributed by atoms with Gasteiger partial charge in [0.2, 0.25) is 0 Å². The maximum atomic E-state index is 13.6. The summed E-state index contributed by atoms with van der Waals surface area (Å²) >= 11 is 0. The van der Waals surface area contributed by atoms with E-state index >= 15 is 0 Å². The molecule has 118 valence electrons. The number of guanidine groups is 1. The highest BCUT2D eigenvalue weighted by Gasteiger charge is 2.53. The molecule has 1 heterocycles. The van der Waals surface area contributed by atoms with Crippen molar-refractivity contribution in [2.75, 3.05) is 13.6 Å². The Balaban J connectivity index is 0.00000220. The number of aliphatic imine (C=N–C) groups is 1. The fourth-order valence-electron chi connectivity index (χ4n) is 2.51. The highest BCUT2D eigenvalue weighted by molar-refractivity contribution is 14.0. The van der Waals surface area contributed by atoms with Gasteiger partial charge in [-0.25, -0.2) is 4.39 Å². The van der Waals surface area contributed by atoms with E-state index in [1.165, 1.54) is 6.07 Å². The van der Waals surface area contributed by atoms with Crippen LogP contribution in [0.25, 0.3) is 0 Å². The lowest BCUT2D eigenvalue weighted by Crippen LogP contribution is -2.72. The molecular weight excluding hydrogens is 380 g/mol. The summed E-state index contributed by atoms with van der Waals surface area (Å²) in [5.41, 5.74) is 0.957. The number of rotatable bonds is 2. The molecule has 2 rings (SSSR count). The summed E-state index contributed by atoms with van der Waals surface area (Å²) in [6.45, 7) is 10.4. The largest absolute Gasteiger partial charge is 0.352 e. The molecule has 3 nitrogen and oxygen atoms in total. The van der Waals surface area contributed by atoms with Crippen LogP contribution in [0.4, 0.5) is 4.39 Å². The van der Waals surface area contributed by atoms with Gasteiger partial charge in [0.1, 0.15) is 5.82 Å². The van der Waals surface area contributed by atoms with Gasteiger partial charge in [0.05, 0.1) is 0 Å². The van der Waals surface area contributed by atoms with Crippen LogP contribution >= 0.6 is 24.0 Å². The molecule has 21 heavy (non-hydrogen) atoms. The molecule has 1 saturated heterocycles. The van der Waals surface area contributed by atoms with Crippen LogP contribution in [-0.2, 0) is 6.54 Å². The lowest BCUT2D eigenvalue weighted by atomic mass is 9.65. The molecule has 0 radical (unpaired) electrons. The molecule has 1 aliphatic rings. The first-order chi connectivity index (χ1) is 9.29. The Bertz CT molecular complexity index is 526. The van der Waals surface area contributed by atoms with Crippen LogP contribution in [0.1, 0.15) is 33.3 Å². The topological polar surface area (TPSA) is 27.6 Å². The molecule has 1 aromatic rings. The number of nitrogens with one attached hydrogen (secondary N) is 1. The van der Waals surface area contributed by atoms with Gasteiger partial charge in [-0.3, -0.25) is 4.99 Å². The third-order valence-electron chi connectivity index (χ3n) is 4.75. The normalized spacial score (nSPS) is 19.5. The summed E-state index contributed by atoms with van der Waals surface area (Å²) < 4.78 is 13.6. The van der Waals surface area contributed by atoms with Crippen molar-refractivity contribution >= 4 is 29.9 Å². The number of nitrogens with zero attached hydrogens (tertiary/aromatic N) is 2. The minimum absolute atomic E-state index is 0. The Hall–Kier alpha value is -0.850. The van der Waals surface area contributed by atoms with Crippen LogP contribution in [-0.4, -0.2) is 30.0 Å². The van der Waals surface area contributed by atoms with E-state index in [9.17, 15) is 4.39 Å². The average Bonchev–Trinajstić information content (AvgIpc) is 2.40. The second-order valence-corrected chi connectivity index (χ2v) is 6.52. The van der Waals surface area contributed by atoms with E-state index in [2.05, 4.69) is 42.9 Å². The molecule has 5 heteroatoms. The molecule has 0 aromatic heterocycles. The SMILES string of the molecule is CN=C(NCc1ccccc1F)N1CC(C)(C)C1(C)C.I.